The van der Waals surface area contributed by atoms with Crippen LogP contribution in [0, 0.1) is 0 Å². The number of hydrogen-bond acceptors (Lipinski definition) is 1. The Morgan fingerprint density at radius 1 is 1.04 bits per heavy atom. The average Bonchev–Trinajstić information content (AvgIpc) is 2.61. The maximum Gasteiger partial charge on any atom is 0.416 e. The summed E-state index contributed by atoms with van der Waals surface area (Å²) < 4.78 is 44.3. The van der Waals surface area contributed by atoms with Gasteiger partial charge in [0.05, 0.1) is 5.56 Å². The normalized spacial score (nSPS) is 12.1. The van der Waals surface area contributed by atoms with Crippen LogP contribution in [0.2, 0.25) is 5.02 Å². The van der Waals surface area contributed by atoms with E-state index in [0.717, 1.165) is 37.0 Å². The van der Waals surface area contributed by atoms with E-state index >= 15 is 0 Å². The number of rotatable bonds is 6. The van der Waals surface area contributed by atoms with Crippen LogP contribution in [0.5, 0.6) is 5.75 Å². The standard InChI is InChI=1S/C18H18ClF3O.C2H6/c1-2-3-7-17(13-8-10-15(19)11-9-13)23-16-6-4-5-14(12-16)18(20,21)22;1-2/h4-6,8-12,17H,2-3,7H2,1H3;1-2H3. The van der Waals surface area contributed by atoms with E-state index in [-0.39, 0.29) is 11.9 Å². The molecule has 0 radical (unpaired) electrons. The first-order valence-electron chi connectivity index (χ1n) is 8.49. The van der Waals surface area contributed by atoms with E-state index < -0.39 is 11.7 Å². The van der Waals surface area contributed by atoms with Gasteiger partial charge in [0, 0.05) is 5.02 Å². The van der Waals surface area contributed by atoms with Gasteiger partial charge in [-0.1, -0.05) is 57.0 Å². The van der Waals surface area contributed by atoms with Crippen molar-refractivity contribution in [2.45, 2.75) is 52.3 Å². The second-order valence-corrected chi connectivity index (χ2v) is 5.76. The molecule has 1 atom stereocenters. The zero-order valence-electron chi connectivity index (χ0n) is 14.7. The SMILES string of the molecule is CC.CCCCC(Oc1cccc(C(F)(F)F)c1)c1ccc(Cl)cc1. The fourth-order valence-corrected chi connectivity index (χ4v) is 2.40. The fourth-order valence-electron chi connectivity index (χ4n) is 2.27. The third kappa shape index (κ3) is 6.99. The molecule has 0 saturated carbocycles. The lowest BCUT2D eigenvalue weighted by Gasteiger charge is -2.20. The first kappa shape index (κ1) is 21.4. The highest BCUT2D eigenvalue weighted by atomic mass is 35.5. The lowest BCUT2D eigenvalue weighted by molar-refractivity contribution is -0.137. The second kappa shape index (κ2) is 10.3. The van der Waals surface area contributed by atoms with Gasteiger partial charge in [-0.3, -0.25) is 0 Å². The van der Waals surface area contributed by atoms with Gasteiger partial charge < -0.3 is 4.74 Å². The minimum absolute atomic E-state index is 0.218. The van der Waals surface area contributed by atoms with Gasteiger partial charge >= 0.3 is 6.18 Å². The molecule has 5 heteroatoms. The molecule has 0 bridgehead atoms. The zero-order valence-corrected chi connectivity index (χ0v) is 15.5. The maximum atomic E-state index is 12.8. The predicted molar refractivity (Wildman–Crippen MR) is 97.1 cm³/mol. The highest BCUT2D eigenvalue weighted by Gasteiger charge is 2.30. The molecule has 0 fully saturated rings. The third-order valence-corrected chi connectivity index (χ3v) is 3.75. The summed E-state index contributed by atoms with van der Waals surface area (Å²) in [5.41, 5.74) is 0.195. The minimum atomic E-state index is -4.38. The van der Waals surface area contributed by atoms with Crippen LogP contribution in [0.15, 0.2) is 48.5 Å². The maximum absolute atomic E-state index is 12.8. The van der Waals surface area contributed by atoms with Crippen LogP contribution in [0.25, 0.3) is 0 Å². The largest absolute Gasteiger partial charge is 0.486 e. The first-order valence-corrected chi connectivity index (χ1v) is 8.87. The van der Waals surface area contributed by atoms with Gasteiger partial charge in [0.25, 0.3) is 0 Å². The highest BCUT2D eigenvalue weighted by Crippen LogP contribution is 2.33. The van der Waals surface area contributed by atoms with Crippen LogP contribution >= 0.6 is 11.6 Å². The molecule has 0 N–H and O–H groups in total. The van der Waals surface area contributed by atoms with Gasteiger partial charge in [0.2, 0.25) is 0 Å². The fraction of sp³-hybridized carbons (Fsp3) is 0.400. The van der Waals surface area contributed by atoms with Crippen molar-refractivity contribution in [2.24, 2.45) is 0 Å². The number of halogens is 4. The van der Waals surface area contributed by atoms with E-state index in [9.17, 15) is 13.2 Å². The van der Waals surface area contributed by atoms with Crippen LogP contribution in [0.4, 0.5) is 13.2 Å². The second-order valence-electron chi connectivity index (χ2n) is 5.33. The summed E-state index contributed by atoms with van der Waals surface area (Å²) in [6, 6.07) is 12.2. The Labute approximate surface area is 152 Å². The summed E-state index contributed by atoms with van der Waals surface area (Å²) in [4.78, 5) is 0. The summed E-state index contributed by atoms with van der Waals surface area (Å²) >= 11 is 5.89. The van der Waals surface area contributed by atoms with Gasteiger partial charge in [0.1, 0.15) is 11.9 Å². The Bertz CT molecular complexity index is 624. The molecule has 0 aromatic heterocycles. The van der Waals surface area contributed by atoms with Crippen LogP contribution in [-0.4, -0.2) is 0 Å². The van der Waals surface area contributed by atoms with Crippen LogP contribution in [0.1, 0.15) is 57.3 Å². The number of ether oxygens (including phenoxy) is 1. The number of benzene rings is 2. The van der Waals surface area contributed by atoms with Crippen molar-refractivity contribution in [1.29, 1.82) is 0 Å². The quantitative estimate of drug-likeness (QED) is 0.504. The van der Waals surface area contributed by atoms with Gasteiger partial charge in [-0.2, -0.15) is 13.2 Å². The molecule has 0 aliphatic carbocycles. The monoisotopic (exact) mass is 372 g/mol. The first-order chi connectivity index (χ1) is 11.9. The van der Waals surface area contributed by atoms with Crippen LogP contribution in [0.3, 0.4) is 0 Å². The van der Waals surface area contributed by atoms with Crippen LogP contribution in [-0.2, 0) is 6.18 Å². The Morgan fingerprint density at radius 2 is 1.68 bits per heavy atom. The zero-order chi connectivity index (χ0) is 18.9. The Hall–Kier alpha value is -1.68. The summed E-state index contributed by atoms with van der Waals surface area (Å²) in [6.45, 7) is 6.06. The molecular formula is C20H24ClF3O. The van der Waals surface area contributed by atoms with E-state index in [1.807, 2.05) is 26.0 Å². The van der Waals surface area contributed by atoms with E-state index in [4.69, 9.17) is 16.3 Å². The molecule has 25 heavy (non-hydrogen) atoms. The van der Waals surface area contributed by atoms with Gasteiger partial charge in [0.15, 0.2) is 0 Å². The highest BCUT2D eigenvalue weighted by molar-refractivity contribution is 6.30. The molecular weight excluding hydrogens is 349 g/mol. The van der Waals surface area contributed by atoms with Crippen molar-refractivity contribution in [3.8, 4) is 5.75 Å². The van der Waals surface area contributed by atoms with E-state index in [2.05, 4.69) is 6.92 Å². The number of hydrogen-bond donors (Lipinski definition) is 0. The van der Waals surface area contributed by atoms with E-state index in [1.165, 1.54) is 6.07 Å². The molecule has 0 amide bonds. The van der Waals surface area contributed by atoms with E-state index in [1.54, 1.807) is 18.2 Å². The van der Waals surface area contributed by atoms with Crippen molar-refractivity contribution >= 4 is 11.6 Å². The van der Waals surface area contributed by atoms with Crippen molar-refractivity contribution in [1.82, 2.24) is 0 Å². The topological polar surface area (TPSA) is 9.23 Å². The minimum Gasteiger partial charge on any atom is -0.486 e. The Kier molecular flexibility index (Phi) is 8.84. The van der Waals surface area contributed by atoms with Gasteiger partial charge in [-0.05, 0) is 48.7 Å². The Balaban J connectivity index is 0.00000151. The molecule has 2 rings (SSSR count). The molecule has 2 aromatic rings. The molecule has 0 aliphatic heterocycles. The molecule has 0 spiro atoms. The number of unbranched alkanes of at least 4 members (excludes halogenated alkanes) is 1. The number of alkyl halides is 3. The molecule has 1 nitrogen and oxygen atoms in total. The molecule has 1 unspecified atom stereocenters. The molecule has 0 heterocycles. The molecule has 0 saturated heterocycles. The molecule has 0 aliphatic rings. The van der Waals surface area contributed by atoms with Gasteiger partial charge in [-0.25, -0.2) is 0 Å². The summed E-state index contributed by atoms with van der Waals surface area (Å²) in [5.74, 6) is 0.218. The predicted octanol–water partition coefficient (Wildman–Crippen LogP) is 7.70. The molecule has 138 valence electrons. The average molecular weight is 373 g/mol. The smallest absolute Gasteiger partial charge is 0.416 e. The molecule has 2 aromatic carbocycles. The van der Waals surface area contributed by atoms with E-state index in [0.29, 0.717) is 5.02 Å². The summed E-state index contributed by atoms with van der Waals surface area (Å²) in [5, 5.41) is 0.613. The lowest BCUT2D eigenvalue weighted by atomic mass is 10.0. The van der Waals surface area contributed by atoms with Crippen molar-refractivity contribution in [3.05, 3.63) is 64.7 Å². The Morgan fingerprint density at radius 3 is 2.24 bits per heavy atom. The lowest BCUT2D eigenvalue weighted by Crippen LogP contribution is -2.09. The van der Waals surface area contributed by atoms with Crippen molar-refractivity contribution in [2.75, 3.05) is 0 Å². The summed E-state index contributed by atoms with van der Waals surface area (Å²) in [6.07, 6.45) is -2.04. The third-order valence-electron chi connectivity index (χ3n) is 3.50. The van der Waals surface area contributed by atoms with Gasteiger partial charge in [-0.15, -0.1) is 0 Å². The summed E-state index contributed by atoms with van der Waals surface area (Å²) in [7, 11) is 0. The van der Waals surface area contributed by atoms with Crippen molar-refractivity contribution < 1.29 is 17.9 Å². The van der Waals surface area contributed by atoms with Crippen LogP contribution < -0.4 is 4.74 Å². The van der Waals surface area contributed by atoms with Crippen molar-refractivity contribution in [3.63, 3.8) is 0 Å².